The van der Waals surface area contributed by atoms with Crippen LogP contribution in [-0.2, 0) is 23.1 Å². The van der Waals surface area contributed by atoms with Gasteiger partial charge >= 0.3 is 0 Å². The highest BCUT2D eigenvalue weighted by atomic mass is 16.1. The molecular formula is C25H31N3O. The van der Waals surface area contributed by atoms with Gasteiger partial charge in [-0.2, -0.15) is 5.10 Å². The molecule has 0 spiro atoms. The van der Waals surface area contributed by atoms with Gasteiger partial charge in [0.2, 0.25) is 0 Å². The third kappa shape index (κ3) is 3.06. The van der Waals surface area contributed by atoms with Crippen LogP contribution in [0.1, 0.15) is 68.2 Å². The number of rotatable bonds is 7. The number of benzene rings is 1. The average molecular weight is 390 g/mol. The first kappa shape index (κ1) is 19.7. The molecule has 1 aliphatic rings. The largest absolute Gasteiger partial charge is 0.353 e. The lowest BCUT2D eigenvalue weighted by molar-refractivity contribution is -0.124. The minimum absolute atomic E-state index is 0.326. The molecule has 1 aromatic carbocycles. The van der Waals surface area contributed by atoms with Crippen LogP contribution >= 0.6 is 0 Å². The Balaban J connectivity index is 1.89. The van der Waals surface area contributed by atoms with Crippen molar-refractivity contribution in [1.29, 1.82) is 0 Å². The summed E-state index contributed by atoms with van der Waals surface area (Å²) in [5.74, 6) is 0.326. The maximum absolute atomic E-state index is 13.3. The molecule has 0 atom stereocenters. The number of allylic oxidation sites excluding steroid dienone is 1. The molecule has 2 N–H and O–H groups in total. The van der Waals surface area contributed by atoms with Crippen LogP contribution in [0.4, 0.5) is 0 Å². The second-order valence-corrected chi connectivity index (χ2v) is 8.34. The van der Waals surface area contributed by atoms with Gasteiger partial charge in [-0.1, -0.05) is 19.9 Å². The zero-order valence-corrected chi connectivity index (χ0v) is 17.8. The number of aromatic nitrogens is 3. The normalized spacial score (nSPS) is 13.8. The highest BCUT2D eigenvalue weighted by Crippen LogP contribution is 2.41. The molecule has 0 bridgehead atoms. The summed E-state index contributed by atoms with van der Waals surface area (Å²) in [5, 5.41) is 8.83. The fraction of sp³-hybridized carbons (Fsp3) is 0.440. The number of aryl methyl sites for hydroxylation is 3. The highest BCUT2D eigenvalue weighted by Gasteiger charge is 2.37. The number of hydrogen-bond acceptors (Lipinski definition) is 2. The van der Waals surface area contributed by atoms with E-state index in [-0.39, 0.29) is 0 Å². The van der Waals surface area contributed by atoms with Crippen LogP contribution in [0.5, 0.6) is 0 Å². The van der Waals surface area contributed by atoms with Crippen LogP contribution in [0.3, 0.4) is 0 Å². The minimum atomic E-state index is -0.429. The Labute approximate surface area is 172 Å². The van der Waals surface area contributed by atoms with Crippen molar-refractivity contribution in [2.45, 2.75) is 71.1 Å². The molecule has 0 saturated carbocycles. The molecular weight excluding hydrogens is 358 g/mol. The molecule has 0 saturated heterocycles. The van der Waals surface area contributed by atoms with Crippen molar-refractivity contribution in [3.8, 4) is 11.4 Å². The second-order valence-electron chi connectivity index (χ2n) is 8.34. The van der Waals surface area contributed by atoms with Gasteiger partial charge in [-0.3, -0.25) is 9.89 Å². The van der Waals surface area contributed by atoms with Crippen LogP contribution in [0.25, 0.3) is 22.3 Å². The summed E-state index contributed by atoms with van der Waals surface area (Å²) in [6.45, 7) is 10.2. The number of hydrogen-bond donors (Lipinski definition) is 2. The van der Waals surface area contributed by atoms with E-state index in [1.807, 2.05) is 12.3 Å². The van der Waals surface area contributed by atoms with Crippen molar-refractivity contribution in [2.75, 3.05) is 0 Å². The van der Waals surface area contributed by atoms with E-state index in [1.54, 1.807) is 0 Å². The fourth-order valence-electron chi connectivity index (χ4n) is 5.21. The molecule has 29 heavy (non-hydrogen) atoms. The fourth-order valence-corrected chi connectivity index (χ4v) is 5.21. The van der Waals surface area contributed by atoms with Crippen LogP contribution in [0.2, 0.25) is 0 Å². The van der Waals surface area contributed by atoms with Gasteiger partial charge in [0.1, 0.15) is 11.5 Å². The molecule has 152 valence electrons. The summed E-state index contributed by atoms with van der Waals surface area (Å²) in [4.78, 5) is 16.9. The number of H-pyrrole nitrogens is 2. The van der Waals surface area contributed by atoms with E-state index in [0.717, 1.165) is 55.4 Å². The van der Waals surface area contributed by atoms with Gasteiger partial charge in [-0.15, -0.1) is 6.58 Å². The lowest BCUT2D eigenvalue weighted by atomic mass is 9.69. The zero-order chi connectivity index (χ0) is 20.6. The Hall–Kier alpha value is -2.62. The first-order valence-corrected chi connectivity index (χ1v) is 10.9. The molecule has 4 nitrogen and oxygen atoms in total. The first-order chi connectivity index (χ1) is 14.1. The lowest BCUT2D eigenvalue weighted by Crippen LogP contribution is -2.35. The SMILES string of the molecule is C=CCCC(=O)C(CC)(CC)c1cc2[nH]c3c(c2cc1C)CCCc1c[nH]nc1-3. The van der Waals surface area contributed by atoms with E-state index < -0.39 is 5.41 Å². The van der Waals surface area contributed by atoms with Gasteiger partial charge < -0.3 is 4.98 Å². The molecule has 2 aromatic heterocycles. The van der Waals surface area contributed by atoms with Crippen LogP contribution < -0.4 is 0 Å². The summed E-state index contributed by atoms with van der Waals surface area (Å²) in [5.41, 5.74) is 7.90. The zero-order valence-electron chi connectivity index (χ0n) is 17.8. The monoisotopic (exact) mass is 389 g/mol. The Morgan fingerprint density at radius 1 is 1.28 bits per heavy atom. The molecule has 4 heteroatoms. The number of carbonyl (C=O) groups excluding carboxylic acids is 1. The predicted molar refractivity (Wildman–Crippen MR) is 119 cm³/mol. The number of carbonyl (C=O) groups is 1. The van der Waals surface area contributed by atoms with Crippen molar-refractivity contribution in [1.82, 2.24) is 15.2 Å². The van der Waals surface area contributed by atoms with Crippen LogP contribution in [0.15, 0.2) is 31.0 Å². The summed E-state index contributed by atoms with van der Waals surface area (Å²) < 4.78 is 0. The van der Waals surface area contributed by atoms with Gasteiger partial charge in [0, 0.05) is 23.5 Å². The molecule has 0 radical (unpaired) electrons. The summed E-state index contributed by atoms with van der Waals surface area (Å²) in [7, 11) is 0. The van der Waals surface area contributed by atoms with Crippen LogP contribution in [0, 0.1) is 6.92 Å². The second kappa shape index (κ2) is 7.66. The molecule has 0 fully saturated rings. The number of nitrogens with zero attached hydrogens (tertiary/aromatic N) is 1. The molecule has 3 aromatic rings. The number of fused-ring (bicyclic) bond motifs is 5. The average Bonchev–Trinajstić information content (AvgIpc) is 3.28. The van der Waals surface area contributed by atoms with Gasteiger partial charge in [-0.05, 0) is 79.8 Å². The smallest absolute Gasteiger partial charge is 0.143 e. The minimum Gasteiger partial charge on any atom is -0.353 e. The van der Waals surface area contributed by atoms with E-state index in [2.05, 4.69) is 54.7 Å². The Morgan fingerprint density at radius 2 is 2.07 bits per heavy atom. The summed E-state index contributed by atoms with van der Waals surface area (Å²) >= 11 is 0. The maximum atomic E-state index is 13.3. The number of nitrogens with one attached hydrogen (secondary N) is 2. The van der Waals surface area contributed by atoms with E-state index in [9.17, 15) is 4.79 Å². The van der Waals surface area contributed by atoms with Gasteiger partial charge in [0.25, 0.3) is 0 Å². The third-order valence-electron chi connectivity index (χ3n) is 6.91. The molecule has 0 unspecified atom stereocenters. The molecule has 2 heterocycles. The van der Waals surface area contributed by atoms with Crippen molar-refractivity contribution in [2.24, 2.45) is 0 Å². The number of aromatic amines is 2. The topological polar surface area (TPSA) is 61.5 Å². The maximum Gasteiger partial charge on any atom is 0.143 e. The van der Waals surface area contributed by atoms with E-state index in [4.69, 9.17) is 0 Å². The summed E-state index contributed by atoms with van der Waals surface area (Å²) in [6, 6.07) is 4.53. The van der Waals surface area contributed by atoms with Crippen molar-refractivity contribution >= 4 is 16.7 Å². The predicted octanol–water partition coefficient (Wildman–Crippen LogP) is 5.95. The first-order valence-electron chi connectivity index (χ1n) is 10.9. The molecule has 1 aliphatic carbocycles. The van der Waals surface area contributed by atoms with E-state index >= 15 is 0 Å². The van der Waals surface area contributed by atoms with Gasteiger partial charge in [0.05, 0.1) is 11.1 Å². The van der Waals surface area contributed by atoms with Crippen molar-refractivity contribution in [3.05, 3.63) is 53.2 Å². The summed E-state index contributed by atoms with van der Waals surface area (Å²) in [6.07, 6.45) is 10.0. The highest BCUT2D eigenvalue weighted by molar-refractivity contribution is 5.95. The standard InChI is InChI=1S/C25H31N3O/c1-5-8-12-22(29)25(6-2,7-3)20-14-21-19(13-16(20)4)18-11-9-10-17-15-26-28-23(17)24(18)27-21/h5,13-15,27H,1,6-12H2,2-4H3,(H,26,28). The third-order valence-corrected chi connectivity index (χ3v) is 6.91. The van der Waals surface area contributed by atoms with E-state index in [0.29, 0.717) is 12.2 Å². The Kier molecular flexibility index (Phi) is 5.20. The van der Waals surface area contributed by atoms with Gasteiger partial charge in [-0.25, -0.2) is 0 Å². The lowest BCUT2D eigenvalue weighted by Gasteiger charge is -2.32. The van der Waals surface area contributed by atoms with Crippen molar-refractivity contribution < 1.29 is 4.79 Å². The molecule has 0 aliphatic heterocycles. The molecule has 0 amide bonds. The Bertz CT molecular complexity index is 1070. The molecule has 4 rings (SSSR count). The van der Waals surface area contributed by atoms with E-state index in [1.165, 1.54) is 27.6 Å². The Morgan fingerprint density at radius 3 is 2.79 bits per heavy atom. The van der Waals surface area contributed by atoms with Crippen LogP contribution in [-0.4, -0.2) is 21.0 Å². The van der Waals surface area contributed by atoms with Gasteiger partial charge in [0.15, 0.2) is 0 Å². The number of ketones is 1. The van der Waals surface area contributed by atoms with Crippen molar-refractivity contribution in [3.63, 3.8) is 0 Å². The number of Topliss-reactive ketones (excluding diaryl/α,β-unsaturated/α-hetero) is 1. The quantitative estimate of drug-likeness (QED) is 0.491.